The highest BCUT2D eigenvalue weighted by molar-refractivity contribution is 5.14. The van der Waals surface area contributed by atoms with E-state index in [1.54, 1.807) is 0 Å². The molecule has 184 valence electrons. The monoisotopic (exact) mass is 470 g/mol. The maximum Gasteiger partial charge on any atom is 0.253 e. The molecule has 2 aromatic heterocycles. The minimum atomic E-state index is 0.954. The van der Waals surface area contributed by atoms with Gasteiger partial charge in [-0.05, 0) is 36.8 Å². The third-order valence-electron chi connectivity index (χ3n) is 7.21. The lowest BCUT2D eigenvalue weighted by Gasteiger charge is -2.04. The molecule has 0 saturated heterocycles. The number of imidazole rings is 2. The zero-order chi connectivity index (χ0) is 24.3. The summed E-state index contributed by atoms with van der Waals surface area (Å²) >= 11 is 0. The average molecular weight is 471 g/mol. The molecular formula is C31H42N4+2. The molecule has 0 aliphatic carbocycles. The maximum atomic E-state index is 2.41. The van der Waals surface area contributed by atoms with Gasteiger partial charge in [0.25, 0.3) is 11.6 Å². The summed E-state index contributed by atoms with van der Waals surface area (Å²) in [4.78, 5) is 0. The van der Waals surface area contributed by atoms with Gasteiger partial charge in [0.05, 0.1) is 13.1 Å². The molecule has 0 N–H and O–H groups in total. The second kappa shape index (κ2) is 13.1. The number of unbranched alkanes of at least 4 members (excludes halogenated alkanes) is 6. The Morgan fingerprint density at radius 2 is 0.886 bits per heavy atom. The van der Waals surface area contributed by atoms with Crippen molar-refractivity contribution in [2.75, 3.05) is 0 Å². The quantitative estimate of drug-likeness (QED) is 0.159. The molecule has 0 radical (unpaired) electrons. The van der Waals surface area contributed by atoms with Gasteiger partial charge < -0.3 is 0 Å². The predicted molar refractivity (Wildman–Crippen MR) is 142 cm³/mol. The van der Waals surface area contributed by atoms with Crippen LogP contribution in [0.4, 0.5) is 0 Å². The van der Waals surface area contributed by atoms with Crippen LogP contribution in [0.15, 0.2) is 85.5 Å². The highest BCUT2D eigenvalue weighted by Crippen LogP contribution is 2.10. The first-order valence-electron chi connectivity index (χ1n) is 13.4. The first-order valence-corrected chi connectivity index (χ1v) is 13.4. The molecule has 0 spiro atoms. The molecule has 0 aliphatic rings. The zero-order valence-corrected chi connectivity index (χ0v) is 21.6. The molecule has 0 atom stereocenters. The topological polar surface area (TPSA) is 17.6 Å². The molecular weight excluding hydrogens is 428 g/mol. The van der Waals surface area contributed by atoms with Gasteiger partial charge in [0.15, 0.2) is 0 Å². The Labute approximate surface area is 211 Å². The van der Waals surface area contributed by atoms with E-state index in [-0.39, 0.29) is 0 Å². The molecule has 4 aromatic rings. The van der Waals surface area contributed by atoms with Gasteiger partial charge in [-0.1, -0.05) is 79.9 Å². The number of rotatable bonds is 14. The summed E-state index contributed by atoms with van der Waals surface area (Å²) in [6, 6.07) is 21.4. The molecule has 4 nitrogen and oxygen atoms in total. The van der Waals surface area contributed by atoms with Crippen molar-refractivity contribution in [3.8, 4) is 0 Å². The summed E-state index contributed by atoms with van der Waals surface area (Å²) in [5.41, 5.74) is 2.72. The molecule has 0 unspecified atom stereocenters. The van der Waals surface area contributed by atoms with Crippen molar-refractivity contribution < 1.29 is 9.13 Å². The van der Waals surface area contributed by atoms with Crippen LogP contribution in [0.3, 0.4) is 0 Å². The zero-order valence-electron chi connectivity index (χ0n) is 21.6. The molecule has 0 bridgehead atoms. The van der Waals surface area contributed by atoms with Crippen molar-refractivity contribution in [1.82, 2.24) is 9.13 Å². The lowest BCUT2D eigenvalue weighted by molar-refractivity contribution is -0.694. The Hall–Kier alpha value is -3.14. The third-order valence-corrected chi connectivity index (χ3v) is 7.21. The van der Waals surface area contributed by atoms with Gasteiger partial charge in [-0.3, -0.25) is 0 Å². The van der Waals surface area contributed by atoms with Crippen LogP contribution < -0.4 is 9.13 Å². The Balaban J connectivity index is 1.07. The van der Waals surface area contributed by atoms with E-state index in [1.165, 1.54) is 67.7 Å². The fourth-order valence-corrected chi connectivity index (χ4v) is 4.90. The number of hydrogen-bond acceptors (Lipinski definition) is 0. The first-order chi connectivity index (χ1) is 17.2. The fourth-order valence-electron chi connectivity index (χ4n) is 4.90. The lowest BCUT2D eigenvalue weighted by atomic mass is 10.1. The van der Waals surface area contributed by atoms with Crippen LogP contribution in [0.5, 0.6) is 0 Å². The number of aromatic nitrogens is 4. The molecule has 0 saturated carbocycles. The average Bonchev–Trinajstić information content (AvgIpc) is 3.41. The first kappa shape index (κ1) is 25.0. The SMILES string of the molecule is Cc1n(CCCCCCCCCn2cc[n+](Cc3ccccc3)c2C)cc[n+]1Cc1ccccc1. The van der Waals surface area contributed by atoms with E-state index >= 15 is 0 Å². The highest BCUT2D eigenvalue weighted by Gasteiger charge is 2.13. The van der Waals surface area contributed by atoms with Gasteiger partial charge >= 0.3 is 0 Å². The molecule has 0 amide bonds. The van der Waals surface area contributed by atoms with Crippen molar-refractivity contribution in [3.05, 3.63) is 108 Å². The summed E-state index contributed by atoms with van der Waals surface area (Å²) in [7, 11) is 0. The fraction of sp³-hybridized carbons (Fsp3) is 0.419. The van der Waals surface area contributed by atoms with E-state index in [0.29, 0.717) is 0 Å². The van der Waals surface area contributed by atoms with Crippen LogP contribution in [0, 0.1) is 13.8 Å². The lowest BCUT2D eigenvalue weighted by Crippen LogP contribution is -2.36. The summed E-state index contributed by atoms with van der Waals surface area (Å²) in [5, 5.41) is 0. The van der Waals surface area contributed by atoms with E-state index in [0.717, 1.165) is 26.2 Å². The Bertz CT molecular complexity index is 1050. The van der Waals surface area contributed by atoms with Crippen molar-refractivity contribution in [2.24, 2.45) is 0 Å². The van der Waals surface area contributed by atoms with Gasteiger partial charge in [-0.25, -0.2) is 18.3 Å². The number of nitrogens with zero attached hydrogens (tertiary/aromatic N) is 4. The van der Waals surface area contributed by atoms with Gasteiger partial charge in [0.2, 0.25) is 0 Å². The summed E-state index contributed by atoms with van der Waals surface area (Å²) in [6.07, 6.45) is 18.2. The van der Waals surface area contributed by atoms with E-state index in [9.17, 15) is 0 Å². The van der Waals surface area contributed by atoms with Gasteiger partial charge in [-0.15, -0.1) is 0 Å². The second-order valence-corrected chi connectivity index (χ2v) is 9.78. The van der Waals surface area contributed by atoms with Crippen LogP contribution in [0.1, 0.15) is 67.7 Å². The Morgan fingerprint density at radius 1 is 0.514 bits per heavy atom. The van der Waals surface area contributed by atoms with Crippen LogP contribution in [0.2, 0.25) is 0 Å². The van der Waals surface area contributed by atoms with Gasteiger partial charge in [-0.2, -0.15) is 0 Å². The standard InChI is InChI=1S/C31H42N4/c1-28-32(22-24-34(28)26-30-16-10-8-11-17-30)20-14-6-4-3-5-7-15-21-33-23-25-35(29(33)2)27-31-18-12-9-13-19-31/h8-13,16-19,22-25H,3-7,14-15,20-21,26-27H2,1-2H3/q+2. The van der Waals surface area contributed by atoms with Crippen molar-refractivity contribution >= 4 is 0 Å². The van der Waals surface area contributed by atoms with Crippen LogP contribution in [-0.4, -0.2) is 9.13 Å². The Morgan fingerprint density at radius 3 is 1.29 bits per heavy atom. The molecule has 4 rings (SSSR count). The van der Waals surface area contributed by atoms with Crippen molar-refractivity contribution in [3.63, 3.8) is 0 Å². The number of aryl methyl sites for hydroxylation is 2. The van der Waals surface area contributed by atoms with Gasteiger partial charge in [0.1, 0.15) is 37.9 Å². The molecule has 4 heteroatoms. The van der Waals surface area contributed by atoms with Crippen LogP contribution in [0.25, 0.3) is 0 Å². The molecule has 35 heavy (non-hydrogen) atoms. The number of benzene rings is 2. The third kappa shape index (κ3) is 7.42. The second-order valence-electron chi connectivity index (χ2n) is 9.78. The number of hydrogen-bond donors (Lipinski definition) is 0. The highest BCUT2D eigenvalue weighted by atomic mass is 15.1. The van der Waals surface area contributed by atoms with E-state index in [2.05, 4.69) is 118 Å². The molecule has 0 fully saturated rings. The summed E-state index contributed by atoms with van der Waals surface area (Å²) in [6.45, 7) is 8.63. The largest absolute Gasteiger partial charge is 0.253 e. The normalized spacial score (nSPS) is 11.3. The van der Waals surface area contributed by atoms with Crippen molar-refractivity contribution in [1.29, 1.82) is 0 Å². The van der Waals surface area contributed by atoms with Crippen LogP contribution >= 0.6 is 0 Å². The smallest absolute Gasteiger partial charge is 0.234 e. The van der Waals surface area contributed by atoms with Crippen LogP contribution in [-0.2, 0) is 26.2 Å². The minimum Gasteiger partial charge on any atom is -0.234 e. The van der Waals surface area contributed by atoms with E-state index in [4.69, 9.17) is 0 Å². The van der Waals surface area contributed by atoms with Gasteiger partial charge in [0, 0.05) is 13.8 Å². The maximum absolute atomic E-state index is 2.41. The van der Waals surface area contributed by atoms with E-state index in [1.807, 2.05) is 0 Å². The molecule has 2 aromatic carbocycles. The Kier molecular flexibility index (Phi) is 9.33. The van der Waals surface area contributed by atoms with Crippen molar-refractivity contribution in [2.45, 2.75) is 85.0 Å². The molecule has 0 aliphatic heterocycles. The minimum absolute atomic E-state index is 0.954. The summed E-state index contributed by atoms with van der Waals surface area (Å²) < 4.78 is 9.52. The predicted octanol–water partition coefficient (Wildman–Crippen LogP) is 6.01. The molecule has 2 heterocycles. The summed E-state index contributed by atoms with van der Waals surface area (Å²) in [5.74, 6) is 2.69. The van der Waals surface area contributed by atoms with E-state index < -0.39 is 0 Å².